The van der Waals surface area contributed by atoms with Crippen molar-refractivity contribution in [3.05, 3.63) is 214 Å². The smallest absolute Gasteiger partial charge is 0.00134 e. The second kappa shape index (κ2) is 9.64. The van der Waals surface area contributed by atoms with Gasteiger partial charge in [-0.3, -0.25) is 0 Å². The first kappa shape index (κ1) is 25.9. The molecule has 220 valence electrons. The summed E-state index contributed by atoms with van der Waals surface area (Å²) >= 11 is 0. The van der Waals surface area contributed by atoms with Crippen molar-refractivity contribution in [3.8, 4) is 0 Å². The van der Waals surface area contributed by atoms with Crippen molar-refractivity contribution >= 4 is 65.4 Å². The Hall–Kier alpha value is -6.24. The van der Waals surface area contributed by atoms with Crippen molar-refractivity contribution < 1.29 is 0 Å². The van der Waals surface area contributed by atoms with Crippen molar-refractivity contribution in [1.82, 2.24) is 0 Å². The predicted octanol–water partition coefficient (Wildman–Crippen LogP) is 12.4. The van der Waals surface area contributed by atoms with Crippen LogP contribution in [-0.4, -0.2) is 0 Å². The van der Waals surface area contributed by atoms with E-state index < -0.39 is 0 Å². The van der Waals surface area contributed by atoms with Gasteiger partial charge in [-0.1, -0.05) is 170 Å². The Balaban J connectivity index is 1.25. The van der Waals surface area contributed by atoms with Crippen molar-refractivity contribution in [2.24, 2.45) is 0 Å². The normalized spacial score (nSPS) is 13.7. The summed E-state index contributed by atoms with van der Waals surface area (Å²) in [5.41, 5.74) is 15.6. The molecule has 2 aliphatic carbocycles. The van der Waals surface area contributed by atoms with Gasteiger partial charge in [-0.05, 0) is 110 Å². The quantitative estimate of drug-likeness (QED) is 0.138. The third kappa shape index (κ3) is 3.34. The van der Waals surface area contributed by atoms with Crippen LogP contribution >= 0.6 is 0 Å². The summed E-state index contributed by atoms with van der Waals surface area (Å²) in [6.45, 7) is 0. The van der Waals surface area contributed by atoms with Crippen LogP contribution in [0.2, 0.25) is 0 Å². The fourth-order valence-corrected chi connectivity index (χ4v) is 8.88. The summed E-state index contributed by atoms with van der Waals surface area (Å²) in [6.07, 6.45) is 0. The van der Waals surface area contributed by atoms with Gasteiger partial charge in [0, 0.05) is 0 Å². The summed E-state index contributed by atoms with van der Waals surface area (Å²) in [4.78, 5) is 0. The lowest BCUT2D eigenvalue weighted by Gasteiger charge is -2.18. The van der Waals surface area contributed by atoms with Gasteiger partial charge in [0.15, 0.2) is 0 Å². The molecule has 0 heterocycles. The van der Waals surface area contributed by atoms with E-state index in [0.717, 1.165) is 0 Å². The van der Waals surface area contributed by atoms with E-state index >= 15 is 0 Å². The van der Waals surface area contributed by atoms with Crippen molar-refractivity contribution in [2.45, 2.75) is 0 Å². The second-order valence-electron chi connectivity index (χ2n) is 13.1. The third-order valence-corrected chi connectivity index (χ3v) is 10.7. The van der Waals surface area contributed by atoms with Crippen molar-refractivity contribution in [1.29, 1.82) is 0 Å². The number of hydrogen-bond donors (Lipinski definition) is 0. The maximum absolute atomic E-state index is 2.40. The molecule has 9 aromatic rings. The van der Waals surface area contributed by atoms with E-state index in [4.69, 9.17) is 0 Å². The van der Waals surface area contributed by atoms with Crippen LogP contribution in [0.5, 0.6) is 0 Å². The van der Waals surface area contributed by atoms with Crippen LogP contribution in [0.1, 0.15) is 44.5 Å². The Morgan fingerprint density at radius 1 is 0.188 bits per heavy atom. The zero-order valence-corrected chi connectivity index (χ0v) is 26.2. The lowest BCUT2D eigenvalue weighted by atomic mass is 9.85. The van der Waals surface area contributed by atoms with Gasteiger partial charge in [-0.25, -0.2) is 0 Å². The number of rotatable bonds is 4. The highest BCUT2D eigenvalue weighted by atomic mass is 14.3. The maximum Gasteiger partial charge on any atom is -0.00134 e. The number of benzene rings is 9. The molecule has 0 aliphatic heterocycles. The molecule has 0 saturated heterocycles. The fraction of sp³-hybridized carbons (Fsp3) is 0. The first-order chi connectivity index (χ1) is 23.9. The standard InChI is InChI=1S/C48H28/c1-5-13-29(14-6-1)41-37-25-21-33-35-23-27-39-43(31-17-9-3-10-18-31)44(32-19-11-4-12-20-32)40-28-24-36(46(35)48(39)40)34-22-26-38(47(37)45(33)34)42(41)30-15-7-2-8-16-30/h1-28H. The fourth-order valence-electron chi connectivity index (χ4n) is 8.88. The monoisotopic (exact) mass is 604 g/mol. The van der Waals surface area contributed by atoms with E-state index in [9.17, 15) is 0 Å². The van der Waals surface area contributed by atoms with Crippen LogP contribution in [0.4, 0.5) is 0 Å². The largest absolute Gasteiger partial charge is 0.0622 e. The zero-order valence-electron chi connectivity index (χ0n) is 26.2. The highest BCUT2D eigenvalue weighted by Crippen LogP contribution is 2.55. The minimum absolute atomic E-state index is 1.26. The molecule has 0 bridgehead atoms. The molecule has 0 radical (unpaired) electrons. The van der Waals surface area contributed by atoms with E-state index in [2.05, 4.69) is 170 Å². The van der Waals surface area contributed by atoms with Gasteiger partial charge >= 0.3 is 0 Å². The lowest BCUT2D eigenvalue weighted by Crippen LogP contribution is -1.92. The SMILES string of the molecule is c1ccc(C2=C(c3ccccc3)c3ccc4c5ccc6c7c(ccc(c8ccc2c3c84)c75)C(c2ccccc2)=C6c2ccccc2)cc1. The number of fused-ring (bicyclic) bond motifs is 2. The first-order valence-electron chi connectivity index (χ1n) is 16.8. The summed E-state index contributed by atoms with van der Waals surface area (Å²) in [5.74, 6) is 0. The molecule has 2 aliphatic rings. The average molecular weight is 605 g/mol. The van der Waals surface area contributed by atoms with Gasteiger partial charge in [0.05, 0.1) is 0 Å². The van der Waals surface area contributed by atoms with Crippen LogP contribution in [0, 0.1) is 0 Å². The Kier molecular flexibility index (Phi) is 5.20. The Bertz CT molecular complexity index is 2430. The summed E-state index contributed by atoms with van der Waals surface area (Å²) in [5, 5.41) is 10.8. The van der Waals surface area contributed by atoms with Gasteiger partial charge < -0.3 is 0 Å². The molecule has 0 nitrogen and oxygen atoms in total. The summed E-state index contributed by atoms with van der Waals surface area (Å²) in [6, 6.07) is 62.9. The molecule has 0 fully saturated rings. The maximum atomic E-state index is 2.40. The molecule has 0 atom stereocenters. The molecule has 0 spiro atoms. The summed E-state index contributed by atoms with van der Waals surface area (Å²) in [7, 11) is 0. The zero-order chi connectivity index (χ0) is 31.3. The van der Waals surface area contributed by atoms with E-state index in [1.54, 1.807) is 0 Å². The minimum atomic E-state index is 1.26. The second-order valence-corrected chi connectivity index (χ2v) is 13.1. The molecule has 11 rings (SSSR count). The lowest BCUT2D eigenvalue weighted by molar-refractivity contribution is 1.57. The Labute approximate surface area is 278 Å². The molecule has 0 aromatic heterocycles. The molecular formula is C48H28. The average Bonchev–Trinajstić information content (AvgIpc) is 3.69. The van der Waals surface area contributed by atoms with Gasteiger partial charge in [0.1, 0.15) is 0 Å². The molecule has 0 amide bonds. The highest BCUT2D eigenvalue weighted by molar-refractivity contribution is 6.39. The van der Waals surface area contributed by atoms with Crippen LogP contribution in [-0.2, 0) is 0 Å². The van der Waals surface area contributed by atoms with Crippen LogP contribution in [0.15, 0.2) is 170 Å². The number of hydrogen-bond acceptors (Lipinski definition) is 0. The van der Waals surface area contributed by atoms with Gasteiger partial charge in [-0.2, -0.15) is 0 Å². The Morgan fingerprint density at radius 2 is 0.417 bits per heavy atom. The van der Waals surface area contributed by atoms with Crippen LogP contribution in [0.25, 0.3) is 65.4 Å². The molecule has 9 aromatic carbocycles. The molecule has 0 N–H and O–H groups in total. The van der Waals surface area contributed by atoms with E-state index in [-0.39, 0.29) is 0 Å². The van der Waals surface area contributed by atoms with Crippen LogP contribution < -0.4 is 0 Å². The predicted molar refractivity (Wildman–Crippen MR) is 203 cm³/mol. The van der Waals surface area contributed by atoms with Crippen LogP contribution in [0.3, 0.4) is 0 Å². The van der Waals surface area contributed by atoms with Gasteiger partial charge in [0.25, 0.3) is 0 Å². The van der Waals surface area contributed by atoms with Gasteiger partial charge in [-0.15, -0.1) is 0 Å². The topological polar surface area (TPSA) is 0 Å². The van der Waals surface area contributed by atoms with Gasteiger partial charge in [0.2, 0.25) is 0 Å². The van der Waals surface area contributed by atoms with E-state index in [0.29, 0.717) is 0 Å². The first-order valence-corrected chi connectivity index (χ1v) is 16.8. The van der Waals surface area contributed by atoms with E-state index in [1.165, 1.54) is 110 Å². The van der Waals surface area contributed by atoms with Crippen molar-refractivity contribution in [2.75, 3.05) is 0 Å². The molecule has 0 heteroatoms. The molecule has 0 unspecified atom stereocenters. The van der Waals surface area contributed by atoms with E-state index in [1.807, 2.05) is 0 Å². The highest BCUT2D eigenvalue weighted by Gasteiger charge is 2.31. The van der Waals surface area contributed by atoms with Crippen molar-refractivity contribution in [3.63, 3.8) is 0 Å². The third-order valence-electron chi connectivity index (χ3n) is 10.7. The minimum Gasteiger partial charge on any atom is -0.0622 e. The molecule has 0 saturated carbocycles. The molecule has 48 heavy (non-hydrogen) atoms. The summed E-state index contributed by atoms with van der Waals surface area (Å²) < 4.78 is 0. The molecular weight excluding hydrogens is 577 g/mol. The Morgan fingerprint density at radius 3 is 0.646 bits per heavy atom.